The van der Waals surface area contributed by atoms with E-state index in [4.69, 9.17) is 4.74 Å². The van der Waals surface area contributed by atoms with Crippen molar-refractivity contribution in [2.75, 3.05) is 12.5 Å². The highest BCUT2D eigenvalue weighted by Crippen LogP contribution is 2.25. The molecule has 0 aliphatic heterocycles. The fourth-order valence-electron chi connectivity index (χ4n) is 1.61. The van der Waals surface area contributed by atoms with E-state index in [0.29, 0.717) is 5.56 Å². The van der Waals surface area contributed by atoms with Crippen molar-refractivity contribution in [2.45, 2.75) is 0 Å². The molecule has 2 aromatic rings. The molecule has 2 aromatic carbocycles. The minimum atomic E-state index is -0.649. The topological polar surface area (TPSA) is 97.0 Å². The molecule has 0 aliphatic carbocycles. The molecule has 7 heteroatoms. The number of ether oxygens (including phenoxy) is 1. The van der Waals surface area contributed by atoms with Crippen molar-refractivity contribution in [3.05, 3.63) is 58.1 Å². The summed E-state index contributed by atoms with van der Waals surface area (Å²) in [5, 5.41) is 24.0. The molecule has 0 aliphatic rings. The number of rotatable bonds is 5. The van der Waals surface area contributed by atoms with Crippen LogP contribution in [-0.4, -0.2) is 23.4 Å². The standard InChI is InChI=1S/C14H13N3O4/c1-21-12-5-3-11(4-6-12)16-15-9-10-2-7-14(18)13(8-10)17(19)20/h2-9,16,18H,1H3/b15-9+. The molecule has 0 fully saturated rings. The second kappa shape index (κ2) is 6.38. The molecule has 0 aromatic heterocycles. The Morgan fingerprint density at radius 3 is 2.62 bits per heavy atom. The van der Waals surface area contributed by atoms with Crippen LogP contribution in [-0.2, 0) is 0 Å². The number of hydrazone groups is 1. The van der Waals surface area contributed by atoms with Gasteiger partial charge >= 0.3 is 5.69 Å². The number of nitro benzene ring substituents is 1. The average molecular weight is 287 g/mol. The van der Waals surface area contributed by atoms with Gasteiger partial charge in [-0.05, 0) is 36.4 Å². The van der Waals surface area contributed by atoms with Gasteiger partial charge in [0.05, 0.1) is 23.9 Å². The largest absolute Gasteiger partial charge is 0.502 e. The molecule has 0 heterocycles. The number of benzene rings is 2. The first kappa shape index (κ1) is 14.3. The normalized spacial score (nSPS) is 10.5. The van der Waals surface area contributed by atoms with Gasteiger partial charge in [0, 0.05) is 11.6 Å². The molecule has 2 rings (SSSR count). The fourth-order valence-corrected chi connectivity index (χ4v) is 1.61. The van der Waals surface area contributed by atoms with E-state index in [2.05, 4.69) is 10.5 Å². The Morgan fingerprint density at radius 2 is 2.00 bits per heavy atom. The first-order chi connectivity index (χ1) is 10.1. The second-order valence-corrected chi connectivity index (χ2v) is 4.10. The van der Waals surface area contributed by atoms with Crippen LogP contribution >= 0.6 is 0 Å². The van der Waals surface area contributed by atoms with Crippen molar-refractivity contribution in [2.24, 2.45) is 5.10 Å². The quantitative estimate of drug-likeness (QED) is 0.500. The molecule has 0 spiro atoms. The SMILES string of the molecule is COc1ccc(N/N=C/c2ccc(O)c([N+](=O)[O-])c2)cc1. The summed E-state index contributed by atoms with van der Waals surface area (Å²) < 4.78 is 5.04. The van der Waals surface area contributed by atoms with Crippen LogP contribution in [0.25, 0.3) is 0 Å². The lowest BCUT2D eigenvalue weighted by Crippen LogP contribution is -1.93. The lowest BCUT2D eigenvalue weighted by molar-refractivity contribution is -0.385. The fraction of sp³-hybridized carbons (Fsp3) is 0.0714. The van der Waals surface area contributed by atoms with Gasteiger partial charge < -0.3 is 9.84 Å². The van der Waals surface area contributed by atoms with Crippen LogP contribution in [0.2, 0.25) is 0 Å². The van der Waals surface area contributed by atoms with Crippen LogP contribution in [0.1, 0.15) is 5.56 Å². The highest BCUT2D eigenvalue weighted by Gasteiger charge is 2.12. The number of anilines is 1. The van der Waals surface area contributed by atoms with E-state index in [0.717, 1.165) is 11.4 Å². The van der Waals surface area contributed by atoms with E-state index in [-0.39, 0.29) is 11.4 Å². The summed E-state index contributed by atoms with van der Waals surface area (Å²) in [5.74, 6) is 0.360. The zero-order valence-electron chi connectivity index (χ0n) is 11.2. The van der Waals surface area contributed by atoms with Crippen molar-refractivity contribution < 1.29 is 14.8 Å². The summed E-state index contributed by atoms with van der Waals surface area (Å²) in [7, 11) is 1.58. The van der Waals surface area contributed by atoms with Gasteiger partial charge in [-0.1, -0.05) is 0 Å². The van der Waals surface area contributed by atoms with Crippen LogP contribution in [0.3, 0.4) is 0 Å². The zero-order chi connectivity index (χ0) is 15.2. The van der Waals surface area contributed by atoms with Gasteiger partial charge in [-0.3, -0.25) is 15.5 Å². The maximum Gasteiger partial charge on any atom is 0.311 e. The molecule has 7 nitrogen and oxygen atoms in total. The Morgan fingerprint density at radius 1 is 1.29 bits per heavy atom. The van der Waals surface area contributed by atoms with E-state index in [1.54, 1.807) is 31.4 Å². The van der Waals surface area contributed by atoms with Crippen LogP contribution in [0, 0.1) is 10.1 Å². The summed E-state index contributed by atoms with van der Waals surface area (Å²) in [4.78, 5) is 10.1. The molecule has 0 atom stereocenters. The lowest BCUT2D eigenvalue weighted by atomic mass is 10.2. The zero-order valence-corrected chi connectivity index (χ0v) is 11.2. The number of nitro groups is 1. The lowest BCUT2D eigenvalue weighted by Gasteiger charge is -2.02. The van der Waals surface area contributed by atoms with Crippen molar-refractivity contribution >= 4 is 17.6 Å². The first-order valence-corrected chi connectivity index (χ1v) is 6.00. The summed E-state index contributed by atoms with van der Waals surface area (Å²) in [6, 6.07) is 11.2. The molecule has 0 bridgehead atoms. The smallest absolute Gasteiger partial charge is 0.311 e. The molecule has 2 N–H and O–H groups in total. The van der Waals surface area contributed by atoms with Crippen molar-refractivity contribution in [1.82, 2.24) is 0 Å². The number of hydrogen-bond acceptors (Lipinski definition) is 6. The molecule has 0 unspecified atom stereocenters. The molecule has 0 radical (unpaired) electrons. The van der Waals surface area contributed by atoms with E-state index in [9.17, 15) is 15.2 Å². The molecular weight excluding hydrogens is 274 g/mol. The molecule has 108 valence electrons. The minimum absolute atomic E-state index is 0.358. The molecule has 0 saturated carbocycles. The van der Waals surface area contributed by atoms with Crippen molar-refractivity contribution in [3.8, 4) is 11.5 Å². The van der Waals surface area contributed by atoms with Crippen molar-refractivity contribution in [3.63, 3.8) is 0 Å². The van der Waals surface area contributed by atoms with Gasteiger partial charge in [-0.15, -0.1) is 0 Å². The summed E-state index contributed by atoms with van der Waals surface area (Å²) in [5.41, 5.74) is 3.68. The molecule has 21 heavy (non-hydrogen) atoms. The van der Waals surface area contributed by atoms with E-state index in [1.165, 1.54) is 24.4 Å². The number of phenolic OH excluding ortho intramolecular Hbond substituents is 1. The number of methoxy groups -OCH3 is 1. The second-order valence-electron chi connectivity index (χ2n) is 4.10. The third-order valence-electron chi connectivity index (χ3n) is 2.69. The Hall–Kier alpha value is -3.09. The van der Waals surface area contributed by atoms with Gasteiger partial charge in [0.1, 0.15) is 5.75 Å². The van der Waals surface area contributed by atoms with Gasteiger partial charge in [0.15, 0.2) is 5.75 Å². The maximum absolute atomic E-state index is 10.7. The van der Waals surface area contributed by atoms with E-state index < -0.39 is 4.92 Å². The first-order valence-electron chi connectivity index (χ1n) is 6.00. The monoisotopic (exact) mass is 287 g/mol. The Balaban J connectivity index is 2.07. The highest BCUT2D eigenvalue weighted by atomic mass is 16.6. The van der Waals surface area contributed by atoms with Crippen LogP contribution in [0.15, 0.2) is 47.6 Å². The number of nitrogens with zero attached hydrogens (tertiary/aromatic N) is 2. The third-order valence-corrected chi connectivity index (χ3v) is 2.69. The Bertz CT molecular complexity index is 668. The maximum atomic E-state index is 10.7. The van der Waals surface area contributed by atoms with E-state index in [1.807, 2.05) is 0 Å². The van der Waals surface area contributed by atoms with Crippen LogP contribution < -0.4 is 10.2 Å². The third kappa shape index (κ3) is 3.69. The molecule has 0 saturated heterocycles. The number of hydrogen-bond donors (Lipinski definition) is 2. The van der Waals surface area contributed by atoms with Crippen LogP contribution in [0.5, 0.6) is 11.5 Å². The van der Waals surface area contributed by atoms with Gasteiger partial charge in [-0.2, -0.15) is 5.10 Å². The van der Waals surface area contributed by atoms with Crippen molar-refractivity contribution in [1.29, 1.82) is 0 Å². The minimum Gasteiger partial charge on any atom is -0.502 e. The summed E-state index contributed by atoms with van der Waals surface area (Å²) >= 11 is 0. The van der Waals surface area contributed by atoms with E-state index >= 15 is 0 Å². The number of aromatic hydroxyl groups is 1. The number of nitrogens with one attached hydrogen (secondary N) is 1. The molecular formula is C14H13N3O4. The predicted octanol–water partition coefficient (Wildman–Crippen LogP) is 2.76. The summed E-state index contributed by atoms with van der Waals surface area (Å²) in [6.07, 6.45) is 1.43. The number of phenols is 1. The molecule has 0 amide bonds. The van der Waals surface area contributed by atoms with Gasteiger partial charge in [0.25, 0.3) is 0 Å². The Labute approximate surface area is 120 Å². The summed E-state index contributed by atoms with van der Waals surface area (Å²) in [6.45, 7) is 0. The Kier molecular flexibility index (Phi) is 4.35. The average Bonchev–Trinajstić information content (AvgIpc) is 2.49. The van der Waals surface area contributed by atoms with Crippen LogP contribution in [0.4, 0.5) is 11.4 Å². The predicted molar refractivity (Wildman–Crippen MR) is 79.0 cm³/mol. The highest BCUT2D eigenvalue weighted by molar-refractivity contribution is 5.82. The van der Waals surface area contributed by atoms with Gasteiger partial charge in [-0.25, -0.2) is 0 Å². The van der Waals surface area contributed by atoms with Gasteiger partial charge in [0.2, 0.25) is 0 Å².